The van der Waals surface area contributed by atoms with Crippen LogP contribution in [0.4, 0.5) is 0 Å². The van der Waals surface area contributed by atoms with Crippen LogP contribution in [0.25, 0.3) is 0 Å². The lowest BCUT2D eigenvalue weighted by Crippen LogP contribution is -2.60. The van der Waals surface area contributed by atoms with Crippen molar-refractivity contribution >= 4 is 48.1 Å². The molecule has 0 bridgehead atoms. The van der Waals surface area contributed by atoms with Gasteiger partial charge in [0.1, 0.15) is 30.2 Å². The molecule has 0 unspecified atom stereocenters. The van der Waals surface area contributed by atoms with Crippen LogP contribution < -0.4 is 21.3 Å². The first-order valence-electron chi connectivity index (χ1n) is 13.4. The van der Waals surface area contributed by atoms with E-state index in [0.29, 0.717) is 32.2 Å². The summed E-state index contributed by atoms with van der Waals surface area (Å²) < 4.78 is 0. The molecular weight excluding hydrogens is 548 g/mol. The van der Waals surface area contributed by atoms with Crippen LogP contribution in [-0.4, -0.2) is 135 Å². The van der Waals surface area contributed by atoms with E-state index in [4.69, 9.17) is 0 Å². The number of carbonyl (C=O) groups excluding carboxylic acids is 5. The maximum atomic E-state index is 13.1. The van der Waals surface area contributed by atoms with Gasteiger partial charge in [-0.15, -0.1) is 0 Å². The van der Waals surface area contributed by atoms with E-state index in [-0.39, 0.29) is 25.3 Å². The average molecular weight is 587 g/mol. The molecule has 3 saturated heterocycles. The molecule has 0 aliphatic carbocycles. The molecule has 0 aromatic rings. The lowest BCUT2D eigenvalue weighted by Gasteiger charge is -2.30. The zero-order chi connectivity index (χ0) is 29.4. The van der Waals surface area contributed by atoms with Gasteiger partial charge in [0, 0.05) is 18.8 Å². The number of rotatable bonds is 12. The number of likely N-dealkylation sites (tertiary alicyclic amines) is 2. The summed E-state index contributed by atoms with van der Waals surface area (Å²) in [5.41, 5.74) is 0. The molecule has 3 heterocycles. The standard InChI is InChI=1S/C24H38N6O9S/c31-10-14(20(34)28-16(12-40)23(37)30-9-3-6-18(30)24(38)39)26-21(35)17-5-2-8-29(17)22(36)15(11-32)27-19(33)13-4-1-7-25-13/h13-18,25,31-32,40H,1-12H2,(H,26,35)(H,27,33)(H,28,34)(H,38,39)/t13-,14-,15-,16-,17-,18-/m0/s1. The molecule has 5 amide bonds. The number of hydrogen-bond acceptors (Lipinski definition) is 10. The van der Waals surface area contributed by atoms with E-state index >= 15 is 0 Å². The topological polar surface area (TPSA) is 218 Å². The summed E-state index contributed by atoms with van der Waals surface area (Å²) in [5.74, 6) is -4.59. The van der Waals surface area contributed by atoms with Gasteiger partial charge in [-0.05, 0) is 45.1 Å². The quantitative estimate of drug-likeness (QED) is 0.104. The zero-order valence-corrected chi connectivity index (χ0v) is 23.0. The van der Waals surface area contributed by atoms with Crippen LogP contribution in [0.5, 0.6) is 0 Å². The number of carboxylic acid groups (broad SMARTS) is 1. The van der Waals surface area contributed by atoms with Gasteiger partial charge in [0.15, 0.2) is 0 Å². The molecule has 40 heavy (non-hydrogen) atoms. The van der Waals surface area contributed by atoms with Crippen molar-refractivity contribution in [3.63, 3.8) is 0 Å². The highest BCUT2D eigenvalue weighted by molar-refractivity contribution is 7.80. The van der Waals surface area contributed by atoms with Gasteiger partial charge in [0.25, 0.3) is 0 Å². The Balaban J connectivity index is 1.60. The fraction of sp³-hybridized carbons (Fsp3) is 0.750. The van der Waals surface area contributed by atoms with Gasteiger partial charge in [-0.25, -0.2) is 4.79 Å². The summed E-state index contributed by atoms with van der Waals surface area (Å²) in [5, 5.41) is 39.3. The van der Waals surface area contributed by atoms with Crippen LogP contribution in [-0.2, 0) is 28.8 Å². The second-order valence-corrected chi connectivity index (χ2v) is 10.5. The van der Waals surface area contributed by atoms with Gasteiger partial charge < -0.3 is 46.4 Å². The van der Waals surface area contributed by atoms with E-state index in [9.17, 15) is 44.1 Å². The van der Waals surface area contributed by atoms with Crippen LogP contribution in [0.2, 0.25) is 0 Å². The minimum atomic E-state index is -1.46. The number of hydrogen-bond donors (Lipinski definition) is 8. The Labute approximate surface area is 236 Å². The average Bonchev–Trinajstić information content (AvgIpc) is 3.73. The van der Waals surface area contributed by atoms with Gasteiger partial charge in [-0.3, -0.25) is 24.0 Å². The maximum absolute atomic E-state index is 13.1. The molecule has 0 saturated carbocycles. The second-order valence-electron chi connectivity index (χ2n) is 10.1. The minimum absolute atomic E-state index is 0.144. The van der Waals surface area contributed by atoms with Crippen LogP contribution in [0.1, 0.15) is 38.5 Å². The molecule has 7 N–H and O–H groups in total. The largest absolute Gasteiger partial charge is 0.480 e. The molecule has 3 rings (SSSR count). The Morgan fingerprint density at radius 2 is 1.35 bits per heavy atom. The molecule has 6 atom stereocenters. The summed E-state index contributed by atoms with van der Waals surface area (Å²) in [6, 6.07) is -6.37. The van der Waals surface area contributed by atoms with Crippen molar-refractivity contribution in [2.45, 2.75) is 74.8 Å². The van der Waals surface area contributed by atoms with Crippen LogP contribution in [0.3, 0.4) is 0 Å². The number of thiol groups is 1. The van der Waals surface area contributed by atoms with Crippen molar-refractivity contribution in [2.24, 2.45) is 0 Å². The fourth-order valence-corrected chi connectivity index (χ4v) is 5.52. The maximum Gasteiger partial charge on any atom is 0.326 e. The van der Waals surface area contributed by atoms with Crippen molar-refractivity contribution in [2.75, 3.05) is 38.6 Å². The van der Waals surface area contributed by atoms with Gasteiger partial charge in [-0.2, -0.15) is 12.6 Å². The highest BCUT2D eigenvalue weighted by Gasteiger charge is 2.41. The minimum Gasteiger partial charge on any atom is -0.480 e. The third-order valence-electron chi connectivity index (χ3n) is 7.45. The molecule has 3 aliphatic rings. The van der Waals surface area contributed by atoms with E-state index in [1.807, 2.05) is 0 Å². The highest BCUT2D eigenvalue weighted by atomic mass is 32.1. The van der Waals surface area contributed by atoms with Crippen molar-refractivity contribution in [3.05, 3.63) is 0 Å². The predicted molar refractivity (Wildman–Crippen MR) is 142 cm³/mol. The Kier molecular flexibility index (Phi) is 11.5. The Morgan fingerprint density at radius 3 is 1.90 bits per heavy atom. The number of aliphatic hydroxyl groups is 2. The molecule has 0 spiro atoms. The number of carbonyl (C=O) groups is 6. The Hall–Kier alpha value is -2.95. The van der Waals surface area contributed by atoms with Crippen molar-refractivity contribution in [3.8, 4) is 0 Å². The van der Waals surface area contributed by atoms with Crippen molar-refractivity contribution in [1.82, 2.24) is 31.1 Å². The smallest absolute Gasteiger partial charge is 0.326 e. The zero-order valence-electron chi connectivity index (χ0n) is 22.1. The summed E-state index contributed by atoms with van der Waals surface area (Å²) in [7, 11) is 0. The van der Waals surface area contributed by atoms with Crippen LogP contribution in [0.15, 0.2) is 0 Å². The number of aliphatic carboxylic acids is 1. The molecule has 224 valence electrons. The molecule has 3 aliphatic heterocycles. The highest BCUT2D eigenvalue weighted by Crippen LogP contribution is 2.20. The summed E-state index contributed by atoms with van der Waals surface area (Å²) >= 11 is 4.10. The lowest BCUT2D eigenvalue weighted by atomic mass is 10.1. The van der Waals surface area contributed by atoms with Gasteiger partial charge >= 0.3 is 5.97 Å². The number of nitrogens with zero attached hydrogens (tertiary/aromatic N) is 2. The Bertz CT molecular complexity index is 978. The van der Waals surface area contributed by atoms with Gasteiger partial charge in [0.2, 0.25) is 29.5 Å². The molecule has 0 aromatic heterocycles. The van der Waals surface area contributed by atoms with E-state index in [0.717, 1.165) is 11.3 Å². The SMILES string of the molecule is O=C(N[C@@H](CO)C(=O)N1CCC[C@H]1C(=O)N[C@@H](CO)C(=O)N[C@@H](CS)C(=O)N1CCC[C@H]1C(=O)O)[C@@H]1CCCN1. The molecular formula is C24H38N6O9S. The first kappa shape index (κ1) is 31.6. The number of carboxylic acids is 1. The van der Waals surface area contributed by atoms with E-state index in [1.54, 1.807) is 0 Å². The van der Waals surface area contributed by atoms with Gasteiger partial charge in [0.05, 0.1) is 19.3 Å². The van der Waals surface area contributed by atoms with E-state index < -0.39 is 85.0 Å². The van der Waals surface area contributed by atoms with E-state index in [1.165, 1.54) is 4.90 Å². The first-order valence-corrected chi connectivity index (χ1v) is 14.1. The predicted octanol–water partition coefficient (Wildman–Crippen LogP) is -3.83. The van der Waals surface area contributed by atoms with Crippen molar-refractivity contribution in [1.29, 1.82) is 0 Å². The fourth-order valence-electron chi connectivity index (χ4n) is 5.28. The third-order valence-corrected chi connectivity index (χ3v) is 7.81. The van der Waals surface area contributed by atoms with E-state index in [2.05, 4.69) is 33.9 Å². The molecule has 16 heteroatoms. The van der Waals surface area contributed by atoms with Crippen LogP contribution >= 0.6 is 12.6 Å². The molecule has 0 aromatic carbocycles. The molecule has 3 fully saturated rings. The van der Waals surface area contributed by atoms with Crippen LogP contribution in [0, 0.1) is 0 Å². The molecule has 15 nitrogen and oxygen atoms in total. The third kappa shape index (κ3) is 7.41. The monoisotopic (exact) mass is 586 g/mol. The lowest BCUT2D eigenvalue weighted by molar-refractivity contribution is -0.149. The normalized spacial score (nSPS) is 24.7. The number of aliphatic hydroxyl groups excluding tert-OH is 2. The Morgan fingerprint density at radius 1 is 0.775 bits per heavy atom. The van der Waals surface area contributed by atoms with Crippen molar-refractivity contribution < 1.29 is 44.1 Å². The number of amides is 5. The second kappa shape index (κ2) is 14.6. The van der Waals surface area contributed by atoms with Gasteiger partial charge in [-0.1, -0.05) is 0 Å². The first-order chi connectivity index (χ1) is 19.1. The summed E-state index contributed by atoms with van der Waals surface area (Å²) in [6.07, 6.45) is 2.94. The summed E-state index contributed by atoms with van der Waals surface area (Å²) in [6.45, 7) is -0.390. The number of nitrogens with one attached hydrogen (secondary N) is 4. The molecule has 0 radical (unpaired) electrons. The summed E-state index contributed by atoms with van der Waals surface area (Å²) in [4.78, 5) is 78.2.